The maximum absolute atomic E-state index is 12.1. The Morgan fingerprint density at radius 2 is 2.24 bits per heavy atom. The molecule has 2 rings (SSSR count). The number of aliphatic carboxylic acids is 1. The minimum Gasteiger partial charge on any atom is -0.479 e. The van der Waals surface area contributed by atoms with Crippen molar-refractivity contribution in [1.82, 2.24) is 10.2 Å². The molecule has 0 aliphatic carbocycles. The van der Waals surface area contributed by atoms with E-state index in [1.54, 1.807) is 6.07 Å². The lowest BCUT2D eigenvalue weighted by Gasteiger charge is -2.33. The zero-order valence-corrected chi connectivity index (χ0v) is 13.0. The van der Waals surface area contributed by atoms with E-state index >= 15 is 0 Å². The molecule has 116 valence electrons. The van der Waals surface area contributed by atoms with Crippen LogP contribution >= 0.6 is 11.3 Å². The fourth-order valence-electron chi connectivity index (χ4n) is 2.25. The molecule has 0 saturated heterocycles. The Labute approximate surface area is 126 Å². The highest BCUT2D eigenvalue weighted by atomic mass is 32.2. The summed E-state index contributed by atoms with van der Waals surface area (Å²) in [4.78, 5) is 25.8. The van der Waals surface area contributed by atoms with E-state index in [1.165, 1.54) is 16.2 Å². The Hall–Kier alpha value is -1.61. The van der Waals surface area contributed by atoms with Crippen molar-refractivity contribution >= 4 is 33.2 Å². The lowest BCUT2D eigenvalue weighted by atomic mass is 10.0. The fraction of sp³-hybridized carbons (Fsp3) is 0.500. The second-order valence-corrected chi connectivity index (χ2v) is 8.11. The van der Waals surface area contributed by atoms with Crippen LogP contribution in [0.15, 0.2) is 11.4 Å². The van der Waals surface area contributed by atoms with Gasteiger partial charge in [-0.05, 0) is 23.4 Å². The molecule has 21 heavy (non-hydrogen) atoms. The van der Waals surface area contributed by atoms with E-state index in [0.29, 0.717) is 18.5 Å². The van der Waals surface area contributed by atoms with Gasteiger partial charge in [-0.3, -0.25) is 0 Å². The molecule has 1 aliphatic heterocycles. The van der Waals surface area contributed by atoms with Gasteiger partial charge in [0.15, 0.2) is 6.04 Å². The number of thiophene rings is 1. The molecule has 2 N–H and O–H groups in total. The lowest BCUT2D eigenvalue weighted by molar-refractivity contribution is -0.142. The number of hydrogen-bond acceptors (Lipinski definition) is 5. The summed E-state index contributed by atoms with van der Waals surface area (Å²) in [6.45, 7) is 0.270. The monoisotopic (exact) mass is 332 g/mol. The molecule has 1 unspecified atom stereocenters. The van der Waals surface area contributed by atoms with Crippen LogP contribution in [0, 0.1) is 0 Å². The summed E-state index contributed by atoms with van der Waals surface area (Å²) in [5.41, 5.74) is 0.636. The van der Waals surface area contributed by atoms with Crippen molar-refractivity contribution in [3.05, 3.63) is 21.9 Å². The van der Waals surface area contributed by atoms with Crippen molar-refractivity contribution < 1.29 is 23.1 Å². The first-order chi connectivity index (χ1) is 9.79. The molecule has 9 heteroatoms. The van der Waals surface area contributed by atoms with Crippen LogP contribution in [0.5, 0.6) is 0 Å². The molecule has 1 aromatic rings. The van der Waals surface area contributed by atoms with Crippen molar-refractivity contribution in [2.45, 2.75) is 12.5 Å². The minimum atomic E-state index is -3.17. The quantitative estimate of drug-likeness (QED) is 0.835. The number of carbonyl (C=O) groups excluding carboxylic acids is 1. The third-order valence-electron chi connectivity index (χ3n) is 3.21. The molecule has 0 bridgehead atoms. The second kappa shape index (κ2) is 6.02. The molecule has 0 saturated carbocycles. The van der Waals surface area contributed by atoms with Crippen LogP contribution in [-0.2, 0) is 21.1 Å². The fourth-order valence-corrected chi connectivity index (χ4v) is 3.62. The van der Waals surface area contributed by atoms with Crippen LogP contribution in [0.3, 0.4) is 0 Å². The SMILES string of the molecule is CS(=O)(=O)CCNC(=O)N1CCc2sccc2C1C(=O)O. The number of carboxylic acids is 1. The molecular weight excluding hydrogens is 316 g/mol. The standard InChI is InChI=1S/C12H16N2O5S2/c1-21(18,19)7-4-13-12(17)14-5-2-9-8(3-6-20-9)10(14)11(15)16/h3,6,10H,2,4-5,7H2,1H3,(H,13,17)(H,15,16). The molecule has 2 amide bonds. The maximum atomic E-state index is 12.1. The minimum absolute atomic E-state index is 0.0308. The number of carboxylic acid groups (broad SMARTS) is 1. The van der Waals surface area contributed by atoms with Crippen LogP contribution in [0.2, 0.25) is 0 Å². The number of fused-ring (bicyclic) bond motifs is 1. The van der Waals surface area contributed by atoms with Gasteiger partial charge < -0.3 is 15.3 Å². The van der Waals surface area contributed by atoms with E-state index in [-0.39, 0.29) is 12.3 Å². The van der Waals surface area contributed by atoms with E-state index in [2.05, 4.69) is 5.32 Å². The third kappa shape index (κ3) is 3.73. The predicted molar refractivity (Wildman–Crippen MR) is 78.2 cm³/mol. The first kappa shape index (κ1) is 15.8. The molecule has 0 aromatic carbocycles. The Balaban J connectivity index is 2.08. The number of sulfone groups is 1. The van der Waals surface area contributed by atoms with E-state index in [9.17, 15) is 23.1 Å². The van der Waals surface area contributed by atoms with Crippen LogP contribution in [0.25, 0.3) is 0 Å². The summed E-state index contributed by atoms with van der Waals surface area (Å²) in [6, 6.07) is 0.149. The molecule has 0 radical (unpaired) electrons. The topological polar surface area (TPSA) is 104 Å². The Morgan fingerprint density at radius 3 is 2.86 bits per heavy atom. The summed E-state index contributed by atoms with van der Waals surface area (Å²) in [6.07, 6.45) is 1.69. The van der Waals surface area contributed by atoms with E-state index < -0.39 is 27.9 Å². The average Bonchev–Trinajstić information content (AvgIpc) is 2.83. The molecule has 1 aliphatic rings. The maximum Gasteiger partial charge on any atom is 0.331 e. The van der Waals surface area contributed by atoms with Crippen molar-refractivity contribution in [2.24, 2.45) is 0 Å². The Kier molecular flexibility index (Phi) is 4.52. The zero-order valence-electron chi connectivity index (χ0n) is 11.4. The molecule has 1 aromatic heterocycles. The predicted octanol–water partition coefficient (Wildman–Crippen LogP) is 0.486. The van der Waals surface area contributed by atoms with Gasteiger partial charge in [-0.1, -0.05) is 0 Å². The number of carbonyl (C=O) groups is 2. The van der Waals surface area contributed by atoms with Crippen LogP contribution in [0.1, 0.15) is 16.5 Å². The van der Waals surface area contributed by atoms with Crippen molar-refractivity contribution in [1.29, 1.82) is 0 Å². The number of nitrogens with one attached hydrogen (secondary N) is 1. The number of nitrogens with zero attached hydrogens (tertiary/aromatic N) is 1. The first-order valence-corrected chi connectivity index (χ1v) is 9.25. The van der Waals surface area contributed by atoms with Gasteiger partial charge in [-0.15, -0.1) is 11.3 Å². The van der Waals surface area contributed by atoms with Gasteiger partial charge >= 0.3 is 12.0 Å². The number of urea groups is 1. The van der Waals surface area contributed by atoms with Gasteiger partial charge in [0, 0.05) is 24.2 Å². The third-order valence-corrected chi connectivity index (χ3v) is 5.15. The summed E-state index contributed by atoms with van der Waals surface area (Å²) in [7, 11) is -3.17. The van der Waals surface area contributed by atoms with Crippen LogP contribution in [-0.4, -0.2) is 55.5 Å². The molecule has 2 heterocycles. The van der Waals surface area contributed by atoms with E-state index in [1.807, 2.05) is 5.38 Å². The normalized spacial score (nSPS) is 18.1. The van der Waals surface area contributed by atoms with E-state index in [0.717, 1.165) is 11.1 Å². The van der Waals surface area contributed by atoms with Crippen LogP contribution < -0.4 is 5.32 Å². The number of hydrogen-bond donors (Lipinski definition) is 2. The summed E-state index contributed by atoms with van der Waals surface area (Å²) < 4.78 is 22.1. The smallest absolute Gasteiger partial charge is 0.331 e. The van der Waals surface area contributed by atoms with Gasteiger partial charge in [-0.25, -0.2) is 18.0 Å². The highest BCUT2D eigenvalue weighted by molar-refractivity contribution is 7.90. The van der Waals surface area contributed by atoms with Crippen molar-refractivity contribution in [3.63, 3.8) is 0 Å². The zero-order chi connectivity index (χ0) is 15.6. The van der Waals surface area contributed by atoms with E-state index in [4.69, 9.17) is 0 Å². The van der Waals surface area contributed by atoms with Gasteiger partial charge in [0.25, 0.3) is 0 Å². The van der Waals surface area contributed by atoms with Crippen molar-refractivity contribution in [2.75, 3.05) is 25.1 Å². The van der Waals surface area contributed by atoms with Gasteiger partial charge in [0.05, 0.1) is 5.75 Å². The molecule has 1 atom stereocenters. The lowest BCUT2D eigenvalue weighted by Crippen LogP contribution is -2.48. The van der Waals surface area contributed by atoms with Gasteiger partial charge in [-0.2, -0.15) is 0 Å². The second-order valence-electron chi connectivity index (χ2n) is 4.85. The molecular formula is C12H16N2O5S2. The Morgan fingerprint density at radius 1 is 1.52 bits per heavy atom. The number of rotatable bonds is 4. The average molecular weight is 332 g/mol. The number of amides is 2. The largest absolute Gasteiger partial charge is 0.479 e. The Bertz CT molecular complexity index is 652. The summed E-state index contributed by atoms with van der Waals surface area (Å²) in [5, 5.41) is 13.6. The molecule has 0 fully saturated rings. The summed E-state index contributed by atoms with van der Waals surface area (Å²) >= 11 is 1.48. The highest BCUT2D eigenvalue weighted by Gasteiger charge is 2.36. The highest BCUT2D eigenvalue weighted by Crippen LogP contribution is 2.33. The summed E-state index contributed by atoms with van der Waals surface area (Å²) in [5.74, 6) is -1.26. The van der Waals surface area contributed by atoms with Gasteiger partial charge in [0.2, 0.25) is 0 Å². The molecule has 7 nitrogen and oxygen atoms in total. The van der Waals surface area contributed by atoms with Gasteiger partial charge in [0.1, 0.15) is 9.84 Å². The first-order valence-electron chi connectivity index (χ1n) is 6.31. The molecule has 0 spiro atoms. The van der Waals surface area contributed by atoms with Crippen LogP contribution in [0.4, 0.5) is 4.79 Å². The van der Waals surface area contributed by atoms with Crippen molar-refractivity contribution in [3.8, 4) is 0 Å².